The van der Waals surface area contributed by atoms with E-state index in [0.29, 0.717) is 11.3 Å². The summed E-state index contributed by atoms with van der Waals surface area (Å²) in [5.41, 5.74) is 0.700. The Morgan fingerprint density at radius 2 is 1.70 bits per heavy atom. The molecule has 3 aromatic rings. The van der Waals surface area contributed by atoms with Gasteiger partial charge in [0.05, 0.1) is 5.75 Å². The van der Waals surface area contributed by atoms with Crippen LogP contribution < -0.4 is 0 Å². The van der Waals surface area contributed by atoms with Gasteiger partial charge in [0.1, 0.15) is 0 Å². The summed E-state index contributed by atoms with van der Waals surface area (Å²) < 4.78 is 0. The zero-order chi connectivity index (χ0) is 13.8. The van der Waals surface area contributed by atoms with Crippen molar-refractivity contribution in [2.75, 3.05) is 5.75 Å². The lowest BCUT2D eigenvalue weighted by Gasteiger charge is -2.05. The molecule has 1 heterocycles. The van der Waals surface area contributed by atoms with E-state index in [1.165, 1.54) is 0 Å². The van der Waals surface area contributed by atoms with Crippen LogP contribution >= 0.6 is 11.8 Å². The lowest BCUT2D eigenvalue weighted by atomic mass is 10.1. The fourth-order valence-corrected chi connectivity index (χ4v) is 2.88. The highest BCUT2D eigenvalue weighted by molar-refractivity contribution is 8.00. The lowest BCUT2D eigenvalue weighted by molar-refractivity contribution is 0.102. The third-order valence-corrected chi connectivity index (χ3v) is 4.09. The highest BCUT2D eigenvalue weighted by Gasteiger charge is 2.10. The van der Waals surface area contributed by atoms with Crippen molar-refractivity contribution in [1.82, 2.24) is 4.98 Å². The summed E-state index contributed by atoms with van der Waals surface area (Å²) in [7, 11) is 0. The summed E-state index contributed by atoms with van der Waals surface area (Å²) in [6.45, 7) is 0. The highest BCUT2D eigenvalue weighted by atomic mass is 32.2. The van der Waals surface area contributed by atoms with Crippen LogP contribution in [0.15, 0.2) is 71.9 Å². The number of benzene rings is 2. The molecule has 0 fully saturated rings. The van der Waals surface area contributed by atoms with Gasteiger partial charge < -0.3 is 0 Å². The SMILES string of the molecule is O=C(CSc1ccccc1)c1cncc2ccccc12. The number of ketones is 1. The molecule has 0 saturated heterocycles. The first-order chi connectivity index (χ1) is 9.84. The molecular weight excluding hydrogens is 266 g/mol. The van der Waals surface area contributed by atoms with Gasteiger partial charge >= 0.3 is 0 Å². The molecule has 0 amide bonds. The molecule has 20 heavy (non-hydrogen) atoms. The largest absolute Gasteiger partial charge is 0.293 e. The zero-order valence-electron chi connectivity index (χ0n) is 10.8. The maximum atomic E-state index is 12.4. The minimum atomic E-state index is 0.114. The zero-order valence-corrected chi connectivity index (χ0v) is 11.6. The van der Waals surface area contributed by atoms with E-state index in [1.54, 1.807) is 24.2 Å². The van der Waals surface area contributed by atoms with Crippen LogP contribution in [0.5, 0.6) is 0 Å². The van der Waals surface area contributed by atoms with Crippen LogP contribution in [0.3, 0.4) is 0 Å². The van der Waals surface area contributed by atoms with Crippen molar-refractivity contribution in [3.05, 3.63) is 72.6 Å². The van der Waals surface area contributed by atoms with Gasteiger partial charge in [-0.2, -0.15) is 0 Å². The molecule has 0 saturated carbocycles. The van der Waals surface area contributed by atoms with E-state index in [9.17, 15) is 4.79 Å². The smallest absolute Gasteiger partial charge is 0.175 e. The van der Waals surface area contributed by atoms with Crippen LogP contribution in [-0.2, 0) is 0 Å². The fourth-order valence-electron chi connectivity index (χ4n) is 2.08. The summed E-state index contributed by atoms with van der Waals surface area (Å²) in [6.07, 6.45) is 3.45. The quantitative estimate of drug-likeness (QED) is 0.529. The van der Waals surface area contributed by atoms with Crippen molar-refractivity contribution < 1.29 is 4.79 Å². The second kappa shape index (κ2) is 5.88. The number of pyridine rings is 1. The number of rotatable bonds is 4. The number of thioether (sulfide) groups is 1. The minimum Gasteiger partial charge on any atom is -0.293 e. The predicted octanol–water partition coefficient (Wildman–Crippen LogP) is 4.21. The Morgan fingerprint density at radius 1 is 0.950 bits per heavy atom. The number of fused-ring (bicyclic) bond motifs is 1. The number of carbonyl (C=O) groups is 1. The Morgan fingerprint density at radius 3 is 2.55 bits per heavy atom. The molecule has 1 aromatic heterocycles. The van der Waals surface area contributed by atoms with E-state index in [1.807, 2.05) is 54.6 Å². The van der Waals surface area contributed by atoms with Crippen molar-refractivity contribution in [2.45, 2.75) is 4.90 Å². The van der Waals surface area contributed by atoms with Gasteiger partial charge in [0.15, 0.2) is 5.78 Å². The van der Waals surface area contributed by atoms with Gasteiger partial charge in [0.2, 0.25) is 0 Å². The van der Waals surface area contributed by atoms with Crippen LogP contribution in [0, 0.1) is 0 Å². The van der Waals surface area contributed by atoms with Gasteiger partial charge in [0.25, 0.3) is 0 Å². The van der Waals surface area contributed by atoms with Crippen molar-refractivity contribution in [1.29, 1.82) is 0 Å². The molecule has 3 rings (SSSR count). The van der Waals surface area contributed by atoms with E-state index < -0.39 is 0 Å². The van der Waals surface area contributed by atoms with Gasteiger partial charge in [-0.25, -0.2) is 0 Å². The van der Waals surface area contributed by atoms with Crippen molar-refractivity contribution in [2.24, 2.45) is 0 Å². The first kappa shape index (κ1) is 12.9. The van der Waals surface area contributed by atoms with Crippen molar-refractivity contribution in [3.8, 4) is 0 Å². The minimum absolute atomic E-state index is 0.114. The topological polar surface area (TPSA) is 30.0 Å². The molecule has 0 unspecified atom stereocenters. The van der Waals surface area contributed by atoms with E-state index in [4.69, 9.17) is 0 Å². The summed E-state index contributed by atoms with van der Waals surface area (Å²) in [5.74, 6) is 0.544. The van der Waals surface area contributed by atoms with E-state index >= 15 is 0 Å². The van der Waals surface area contributed by atoms with Crippen LogP contribution in [0.4, 0.5) is 0 Å². The maximum absolute atomic E-state index is 12.4. The summed E-state index contributed by atoms with van der Waals surface area (Å²) in [4.78, 5) is 17.6. The standard InChI is InChI=1S/C17H13NOS/c19-17(12-20-14-7-2-1-3-8-14)16-11-18-10-13-6-4-5-9-15(13)16/h1-11H,12H2. The van der Waals surface area contributed by atoms with Crippen molar-refractivity contribution >= 4 is 28.3 Å². The third kappa shape index (κ3) is 2.73. The first-order valence-corrected chi connectivity index (χ1v) is 7.37. The van der Waals surface area contributed by atoms with Gasteiger partial charge in [-0.05, 0) is 17.5 Å². The molecule has 0 atom stereocenters. The number of nitrogens with zero attached hydrogens (tertiary/aromatic N) is 1. The monoisotopic (exact) mass is 279 g/mol. The molecule has 0 aliphatic carbocycles. The molecular formula is C17H13NOS. The molecule has 2 nitrogen and oxygen atoms in total. The highest BCUT2D eigenvalue weighted by Crippen LogP contribution is 2.22. The Hall–Kier alpha value is -2.13. The third-order valence-electron chi connectivity index (χ3n) is 3.08. The van der Waals surface area contributed by atoms with Crippen LogP contribution in [0.2, 0.25) is 0 Å². The van der Waals surface area contributed by atoms with Crippen molar-refractivity contribution in [3.63, 3.8) is 0 Å². The molecule has 0 aliphatic rings. The Balaban J connectivity index is 1.82. The molecule has 0 radical (unpaired) electrons. The Bertz CT molecular complexity index is 735. The number of carbonyl (C=O) groups excluding carboxylic acids is 1. The molecule has 0 spiro atoms. The molecule has 0 aliphatic heterocycles. The van der Waals surface area contributed by atoms with Crippen LogP contribution in [-0.4, -0.2) is 16.5 Å². The number of hydrogen-bond acceptors (Lipinski definition) is 3. The maximum Gasteiger partial charge on any atom is 0.175 e. The summed E-state index contributed by atoms with van der Waals surface area (Å²) in [6, 6.07) is 17.8. The number of Topliss-reactive ketones (excluding diaryl/α,β-unsaturated/α-hetero) is 1. The lowest BCUT2D eigenvalue weighted by Crippen LogP contribution is -2.03. The van der Waals surface area contributed by atoms with Crippen LogP contribution in [0.1, 0.15) is 10.4 Å². The summed E-state index contributed by atoms with van der Waals surface area (Å²) >= 11 is 1.55. The molecule has 0 bridgehead atoms. The molecule has 98 valence electrons. The van der Waals surface area contributed by atoms with Gasteiger partial charge in [-0.15, -0.1) is 11.8 Å². The average Bonchev–Trinajstić information content (AvgIpc) is 2.53. The fraction of sp³-hybridized carbons (Fsp3) is 0.0588. The Labute approximate surface area is 121 Å². The summed E-state index contributed by atoms with van der Waals surface area (Å²) in [5, 5.41) is 1.98. The molecule has 0 N–H and O–H groups in total. The number of aromatic nitrogens is 1. The average molecular weight is 279 g/mol. The molecule has 2 aromatic carbocycles. The van der Waals surface area contributed by atoms with E-state index in [0.717, 1.165) is 15.7 Å². The Kier molecular flexibility index (Phi) is 3.79. The normalized spacial score (nSPS) is 10.6. The first-order valence-electron chi connectivity index (χ1n) is 6.38. The van der Waals surface area contributed by atoms with E-state index in [-0.39, 0.29) is 5.78 Å². The van der Waals surface area contributed by atoms with Crippen LogP contribution in [0.25, 0.3) is 10.8 Å². The number of hydrogen-bond donors (Lipinski definition) is 0. The molecule has 3 heteroatoms. The second-order valence-corrected chi connectivity index (χ2v) is 5.48. The van der Waals surface area contributed by atoms with Gasteiger partial charge in [0, 0.05) is 28.2 Å². The predicted molar refractivity (Wildman–Crippen MR) is 83.2 cm³/mol. The second-order valence-electron chi connectivity index (χ2n) is 4.43. The van der Waals surface area contributed by atoms with Gasteiger partial charge in [-0.1, -0.05) is 42.5 Å². The van der Waals surface area contributed by atoms with E-state index in [2.05, 4.69) is 4.98 Å². The van der Waals surface area contributed by atoms with Gasteiger partial charge in [-0.3, -0.25) is 9.78 Å².